The molecule has 1 N–H and O–H groups in total. The molecule has 0 saturated carbocycles. The molecule has 1 aliphatic rings. The van der Waals surface area contributed by atoms with Crippen molar-refractivity contribution in [2.45, 2.75) is 25.9 Å². The molecule has 1 unspecified atom stereocenters. The van der Waals surface area contributed by atoms with Gasteiger partial charge in [-0.05, 0) is 30.4 Å². The minimum Gasteiger partial charge on any atom is -0.381 e. The third kappa shape index (κ3) is 9.58. The van der Waals surface area contributed by atoms with E-state index in [1.807, 2.05) is 19.2 Å². The Morgan fingerprint density at radius 2 is 1.71 bits per heavy atom. The molecular weight excluding hydrogens is 501 g/mol. The summed E-state index contributed by atoms with van der Waals surface area (Å²) in [4.78, 5) is 6.80. The predicted molar refractivity (Wildman–Crippen MR) is 138 cm³/mol. The highest BCUT2D eigenvalue weighted by molar-refractivity contribution is 14.0. The van der Waals surface area contributed by atoms with Crippen LogP contribution < -0.4 is 5.32 Å². The van der Waals surface area contributed by atoms with Crippen molar-refractivity contribution in [1.29, 1.82) is 0 Å². The molecule has 2 aromatic carbocycles. The Balaban J connectivity index is 0.00000341. The van der Waals surface area contributed by atoms with Gasteiger partial charge in [0.25, 0.3) is 0 Å². The van der Waals surface area contributed by atoms with Crippen LogP contribution in [-0.4, -0.2) is 57.4 Å². The lowest BCUT2D eigenvalue weighted by atomic mass is 10.1. The second-order valence-electron chi connectivity index (χ2n) is 7.78. The van der Waals surface area contributed by atoms with Crippen LogP contribution in [0.3, 0.4) is 0 Å². The van der Waals surface area contributed by atoms with Crippen LogP contribution in [0.15, 0.2) is 65.7 Å². The van der Waals surface area contributed by atoms with E-state index in [2.05, 4.69) is 63.7 Å². The second-order valence-corrected chi connectivity index (χ2v) is 7.78. The van der Waals surface area contributed by atoms with Gasteiger partial charge in [0.1, 0.15) is 0 Å². The average molecular weight is 537 g/mol. The molecule has 0 aromatic heterocycles. The zero-order valence-corrected chi connectivity index (χ0v) is 20.9. The number of guanidine groups is 1. The summed E-state index contributed by atoms with van der Waals surface area (Å²) in [6.45, 7) is 5.95. The molecule has 170 valence electrons. The zero-order valence-electron chi connectivity index (χ0n) is 18.5. The molecule has 1 saturated heterocycles. The lowest BCUT2D eigenvalue weighted by Gasteiger charge is -2.21. The maximum Gasteiger partial charge on any atom is 0.193 e. The smallest absolute Gasteiger partial charge is 0.193 e. The van der Waals surface area contributed by atoms with Crippen LogP contribution in [0.2, 0.25) is 0 Å². The number of rotatable bonds is 11. The molecule has 31 heavy (non-hydrogen) atoms. The summed E-state index contributed by atoms with van der Waals surface area (Å²) in [6, 6.07) is 20.8. The molecule has 6 heteroatoms. The molecule has 0 bridgehead atoms. The number of hydrogen-bond donors (Lipinski definition) is 1. The standard InChI is InChI=1S/C25H35N3O2.HI/c1-26-25(27-15-8-17-29-18-14-22-9-4-2-5-10-22)28-16-13-24(19-28)21-30-20-23-11-6-3-7-12-23;/h2-7,9-12,24H,8,13-21H2,1H3,(H,26,27);1H. The topological polar surface area (TPSA) is 46.1 Å². The van der Waals surface area contributed by atoms with Crippen LogP contribution in [0.4, 0.5) is 0 Å². The van der Waals surface area contributed by atoms with Crippen LogP contribution in [0.25, 0.3) is 0 Å². The van der Waals surface area contributed by atoms with Crippen LogP contribution in [0.5, 0.6) is 0 Å². The van der Waals surface area contributed by atoms with Gasteiger partial charge in [0.2, 0.25) is 0 Å². The minimum atomic E-state index is 0. The van der Waals surface area contributed by atoms with Crippen LogP contribution in [0, 0.1) is 5.92 Å². The predicted octanol–water partition coefficient (Wildman–Crippen LogP) is 4.37. The van der Waals surface area contributed by atoms with E-state index >= 15 is 0 Å². The maximum absolute atomic E-state index is 5.93. The fourth-order valence-electron chi connectivity index (χ4n) is 3.72. The Labute approximate surface area is 204 Å². The van der Waals surface area contributed by atoms with E-state index in [0.717, 1.165) is 64.7 Å². The summed E-state index contributed by atoms with van der Waals surface area (Å²) in [5.74, 6) is 1.55. The van der Waals surface area contributed by atoms with Crippen molar-refractivity contribution in [1.82, 2.24) is 10.2 Å². The van der Waals surface area contributed by atoms with Crippen molar-refractivity contribution in [3.63, 3.8) is 0 Å². The third-order valence-corrected chi connectivity index (χ3v) is 5.39. The van der Waals surface area contributed by atoms with E-state index < -0.39 is 0 Å². The molecule has 1 fully saturated rings. The van der Waals surface area contributed by atoms with Gasteiger partial charge < -0.3 is 19.7 Å². The molecule has 1 atom stereocenters. The first-order chi connectivity index (χ1) is 14.8. The number of ether oxygens (including phenoxy) is 2. The molecule has 1 aliphatic heterocycles. The van der Waals surface area contributed by atoms with E-state index in [0.29, 0.717) is 12.5 Å². The average Bonchev–Trinajstić information content (AvgIpc) is 3.26. The number of nitrogens with zero attached hydrogens (tertiary/aromatic N) is 2. The van der Waals surface area contributed by atoms with Crippen molar-refractivity contribution in [2.24, 2.45) is 10.9 Å². The molecule has 1 heterocycles. The molecule has 0 radical (unpaired) electrons. The normalized spacial score (nSPS) is 16.2. The fourth-order valence-corrected chi connectivity index (χ4v) is 3.72. The first-order valence-corrected chi connectivity index (χ1v) is 11.0. The van der Waals surface area contributed by atoms with Crippen LogP contribution in [-0.2, 0) is 22.5 Å². The Bertz CT molecular complexity index is 743. The number of halogens is 1. The lowest BCUT2D eigenvalue weighted by molar-refractivity contribution is 0.0906. The highest BCUT2D eigenvalue weighted by Crippen LogP contribution is 2.17. The van der Waals surface area contributed by atoms with Crippen molar-refractivity contribution >= 4 is 29.9 Å². The van der Waals surface area contributed by atoms with E-state index in [9.17, 15) is 0 Å². The van der Waals surface area contributed by atoms with Gasteiger partial charge in [0.05, 0.1) is 19.8 Å². The highest BCUT2D eigenvalue weighted by atomic mass is 127. The molecule has 0 aliphatic carbocycles. The molecule has 2 aromatic rings. The maximum atomic E-state index is 5.93. The first kappa shape index (κ1) is 25.6. The summed E-state index contributed by atoms with van der Waals surface area (Å²) < 4.78 is 11.7. The minimum absolute atomic E-state index is 0. The van der Waals surface area contributed by atoms with E-state index in [-0.39, 0.29) is 24.0 Å². The Hall–Kier alpha value is -1.64. The summed E-state index contributed by atoms with van der Waals surface area (Å²) in [7, 11) is 1.86. The first-order valence-electron chi connectivity index (χ1n) is 11.0. The molecule has 0 spiro atoms. The zero-order chi connectivity index (χ0) is 20.9. The van der Waals surface area contributed by atoms with Gasteiger partial charge in [-0.2, -0.15) is 0 Å². The summed E-state index contributed by atoms with van der Waals surface area (Å²) in [6.07, 6.45) is 3.10. The third-order valence-electron chi connectivity index (χ3n) is 5.39. The van der Waals surface area contributed by atoms with Crippen molar-refractivity contribution in [3.8, 4) is 0 Å². The highest BCUT2D eigenvalue weighted by Gasteiger charge is 2.24. The van der Waals surface area contributed by atoms with E-state index in [1.54, 1.807) is 0 Å². The summed E-state index contributed by atoms with van der Waals surface area (Å²) in [5, 5.41) is 3.48. The Kier molecular flexibility index (Phi) is 12.6. The molecule has 3 rings (SSSR count). The van der Waals surface area contributed by atoms with E-state index in [1.165, 1.54) is 11.1 Å². The molecule has 5 nitrogen and oxygen atoms in total. The number of benzene rings is 2. The van der Waals surface area contributed by atoms with Gasteiger partial charge >= 0.3 is 0 Å². The SMILES string of the molecule is CN=C(NCCCOCCc1ccccc1)N1CCC(COCc2ccccc2)C1.I. The number of aliphatic imine (C=N–C) groups is 1. The number of likely N-dealkylation sites (tertiary alicyclic amines) is 1. The van der Waals surface area contributed by atoms with Crippen molar-refractivity contribution in [2.75, 3.05) is 46.5 Å². The Morgan fingerprint density at radius 3 is 2.42 bits per heavy atom. The van der Waals surface area contributed by atoms with E-state index in [4.69, 9.17) is 9.47 Å². The number of nitrogens with one attached hydrogen (secondary N) is 1. The monoisotopic (exact) mass is 537 g/mol. The Morgan fingerprint density at radius 1 is 1.00 bits per heavy atom. The largest absolute Gasteiger partial charge is 0.381 e. The van der Waals surface area contributed by atoms with Crippen LogP contribution in [0.1, 0.15) is 24.0 Å². The van der Waals surface area contributed by atoms with Crippen molar-refractivity contribution in [3.05, 3.63) is 71.8 Å². The van der Waals surface area contributed by atoms with Gasteiger partial charge in [-0.25, -0.2) is 0 Å². The molecular formula is C25H36IN3O2. The quantitative estimate of drug-likeness (QED) is 0.200. The van der Waals surface area contributed by atoms with Crippen molar-refractivity contribution < 1.29 is 9.47 Å². The number of hydrogen-bond acceptors (Lipinski definition) is 3. The second kappa shape index (κ2) is 15.2. The van der Waals surface area contributed by atoms with Gasteiger partial charge in [-0.1, -0.05) is 60.7 Å². The van der Waals surface area contributed by atoms with Gasteiger partial charge in [0.15, 0.2) is 5.96 Å². The molecule has 0 amide bonds. The lowest BCUT2D eigenvalue weighted by Crippen LogP contribution is -2.40. The van der Waals surface area contributed by atoms with Gasteiger partial charge in [0, 0.05) is 39.2 Å². The summed E-state index contributed by atoms with van der Waals surface area (Å²) >= 11 is 0. The fraction of sp³-hybridized carbons (Fsp3) is 0.480. The van der Waals surface area contributed by atoms with Gasteiger partial charge in [-0.3, -0.25) is 4.99 Å². The van der Waals surface area contributed by atoms with Gasteiger partial charge in [-0.15, -0.1) is 24.0 Å². The summed E-state index contributed by atoms with van der Waals surface area (Å²) in [5.41, 5.74) is 2.56. The van der Waals surface area contributed by atoms with Crippen LogP contribution >= 0.6 is 24.0 Å².